The molecule has 0 bridgehead atoms. The first-order chi connectivity index (χ1) is 12.5. The number of tetrazole rings is 1. The van der Waals surface area contributed by atoms with Crippen molar-refractivity contribution in [3.8, 4) is 10.7 Å². The molecule has 1 aliphatic heterocycles. The number of aromatic nitrogens is 4. The molecule has 9 heteroatoms. The monoisotopic (exact) mass is 389 g/mol. The Kier molecular flexibility index (Phi) is 4.60. The summed E-state index contributed by atoms with van der Waals surface area (Å²) in [6.45, 7) is 2.87. The van der Waals surface area contributed by atoms with Crippen LogP contribution in [-0.4, -0.2) is 45.5 Å². The van der Waals surface area contributed by atoms with Crippen LogP contribution in [0.5, 0.6) is 0 Å². The Balaban J connectivity index is 1.54. The van der Waals surface area contributed by atoms with E-state index in [9.17, 15) is 8.42 Å². The third kappa shape index (κ3) is 3.29. The van der Waals surface area contributed by atoms with E-state index in [-0.39, 0.29) is 6.04 Å². The van der Waals surface area contributed by atoms with Crippen LogP contribution in [0.1, 0.15) is 18.4 Å². The minimum Gasteiger partial charge on any atom is -0.207 e. The Morgan fingerprint density at radius 2 is 2.04 bits per heavy atom. The number of hydrogen-bond donors (Lipinski definition) is 0. The highest BCUT2D eigenvalue weighted by atomic mass is 32.2. The molecule has 1 fully saturated rings. The summed E-state index contributed by atoms with van der Waals surface area (Å²) < 4.78 is 27.6. The average molecular weight is 390 g/mol. The molecule has 7 nitrogen and oxygen atoms in total. The van der Waals surface area contributed by atoms with Gasteiger partial charge >= 0.3 is 0 Å². The molecule has 2 aromatic heterocycles. The second-order valence-electron chi connectivity index (χ2n) is 6.37. The Morgan fingerprint density at radius 3 is 2.77 bits per heavy atom. The number of benzene rings is 1. The van der Waals surface area contributed by atoms with Gasteiger partial charge in [0.25, 0.3) is 0 Å². The van der Waals surface area contributed by atoms with Crippen LogP contribution in [0, 0.1) is 6.92 Å². The van der Waals surface area contributed by atoms with E-state index in [1.165, 1.54) is 4.80 Å². The van der Waals surface area contributed by atoms with Crippen molar-refractivity contribution in [2.75, 3.05) is 6.54 Å². The van der Waals surface area contributed by atoms with Gasteiger partial charge in [-0.25, -0.2) is 8.42 Å². The van der Waals surface area contributed by atoms with Gasteiger partial charge in [-0.1, -0.05) is 23.8 Å². The highest BCUT2D eigenvalue weighted by Gasteiger charge is 2.35. The van der Waals surface area contributed by atoms with Crippen molar-refractivity contribution in [1.82, 2.24) is 24.5 Å². The van der Waals surface area contributed by atoms with Gasteiger partial charge in [-0.3, -0.25) is 0 Å². The first-order valence-electron chi connectivity index (χ1n) is 8.44. The van der Waals surface area contributed by atoms with Crippen molar-refractivity contribution < 1.29 is 8.42 Å². The second-order valence-corrected chi connectivity index (χ2v) is 9.21. The molecule has 3 aromatic rings. The summed E-state index contributed by atoms with van der Waals surface area (Å²) in [5, 5.41) is 14.5. The Bertz CT molecular complexity index is 981. The summed E-state index contributed by atoms with van der Waals surface area (Å²) in [7, 11) is -3.52. The number of thiophene rings is 1. The number of hydrogen-bond acceptors (Lipinski definition) is 6. The molecule has 3 heterocycles. The Labute approximate surface area is 156 Å². The smallest absolute Gasteiger partial charge is 0.207 e. The third-order valence-electron chi connectivity index (χ3n) is 4.52. The third-order valence-corrected chi connectivity index (χ3v) is 7.35. The highest BCUT2D eigenvalue weighted by Crippen LogP contribution is 2.27. The van der Waals surface area contributed by atoms with Crippen LogP contribution in [0.4, 0.5) is 0 Å². The second kappa shape index (κ2) is 6.90. The topological polar surface area (TPSA) is 81.0 Å². The zero-order valence-corrected chi connectivity index (χ0v) is 15.9. The van der Waals surface area contributed by atoms with Gasteiger partial charge in [-0.2, -0.15) is 9.10 Å². The molecule has 0 aliphatic carbocycles. The van der Waals surface area contributed by atoms with Gasteiger partial charge in [0.05, 0.1) is 16.3 Å². The van der Waals surface area contributed by atoms with Crippen LogP contribution >= 0.6 is 11.3 Å². The van der Waals surface area contributed by atoms with E-state index in [0.717, 1.165) is 23.3 Å². The van der Waals surface area contributed by atoms with Crippen LogP contribution < -0.4 is 0 Å². The number of rotatable bonds is 5. The zero-order chi connectivity index (χ0) is 18.1. The van der Waals surface area contributed by atoms with Gasteiger partial charge in [0.2, 0.25) is 15.8 Å². The maximum Gasteiger partial charge on any atom is 0.243 e. The minimum absolute atomic E-state index is 0.160. The van der Waals surface area contributed by atoms with E-state index in [1.54, 1.807) is 27.8 Å². The number of nitrogens with zero attached hydrogens (tertiary/aromatic N) is 5. The predicted octanol–water partition coefficient (Wildman–Crippen LogP) is 2.56. The predicted molar refractivity (Wildman–Crippen MR) is 99.2 cm³/mol. The van der Waals surface area contributed by atoms with Gasteiger partial charge < -0.3 is 0 Å². The molecule has 0 N–H and O–H groups in total. The fraction of sp³-hybridized carbons (Fsp3) is 0.353. The highest BCUT2D eigenvalue weighted by molar-refractivity contribution is 7.89. The SMILES string of the molecule is Cc1ccc(S(=O)(=O)N2CCC[C@H]2Cn2nnc(-c3cccs3)n2)cc1. The summed E-state index contributed by atoms with van der Waals surface area (Å²) in [6, 6.07) is 10.7. The molecule has 1 aromatic carbocycles. The van der Waals surface area contributed by atoms with E-state index in [0.29, 0.717) is 23.8 Å². The minimum atomic E-state index is -3.52. The largest absolute Gasteiger partial charge is 0.243 e. The first kappa shape index (κ1) is 17.3. The quantitative estimate of drug-likeness (QED) is 0.670. The van der Waals surface area contributed by atoms with Gasteiger partial charge in [0, 0.05) is 12.6 Å². The van der Waals surface area contributed by atoms with Crippen LogP contribution in [0.25, 0.3) is 10.7 Å². The number of aryl methyl sites for hydroxylation is 1. The lowest BCUT2D eigenvalue weighted by Crippen LogP contribution is -2.38. The van der Waals surface area contributed by atoms with E-state index < -0.39 is 10.0 Å². The lowest BCUT2D eigenvalue weighted by molar-refractivity contribution is 0.323. The molecule has 0 amide bonds. The van der Waals surface area contributed by atoms with E-state index >= 15 is 0 Å². The van der Waals surface area contributed by atoms with Crippen molar-refractivity contribution in [2.24, 2.45) is 0 Å². The van der Waals surface area contributed by atoms with E-state index in [2.05, 4.69) is 15.4 Å². The van der Waals surface area contributed by atoms with Crippen molar-refractivity contribution in [2.45, 2.75) is 37.2 Å². The maximum atomic E-state index is 13.0. The average Bonchev–Trinajstić information content (AvgIpc) is 3.37. The first-order valence-corrected chi connectivity index (χ1v) is 10.8. The maximum absolute atomic E-state index is 13.0. The van der Waals surface area contributed by atoms with Crippen molar-refractivity contribution in [1.29, 1.82) is 0 Å². The molecule has 4 rings (SSSR count). The van der Waals surface area contributed by atoms with E-state index in [4.69, 9.17) is 0 Å². The molecule has 1 aliphatic rings. The summed E-state index contributed by atoms with van der Waals surface area (Å²) in [5.74, 6) is 0.575. The lowest BCUT2D eigenvalue weighted by Gasteiger charge is -2.23. The van der Waals surface area contributed by atoms with Crippen molar-refractivity contribution >= 4 is 21.4 Å². The van der Waals surface area contributed by atoms with Crippen LogP contribution in [0.15, 0.2) is 46.7 Å². The molecule has 0 radical (unpaired) electrons. The molecule has 0 spiro atoms. The molecule has 26 heavy (non-hydrogen) atoms. The normalized spacial score (nSPS) is 18.4. The molecule has 0 unspecified atom stereocenters. The number of sulfonamides is 1. The molecular weight excluding hydrogens is 370 g/mol. The van der Waals surface area contributed by atoms with Gasteiger partial charge in [-0.05, 0) is 48.6 Å². The summed E-state index contributed by atoms with van der Waals surface area (Å²) >= 11 is 1.55. The molecule has 0 saturated carbocycles. The van der Waals surface area contributed by atoms with E-state index in [1.807, 2.05) is 36.6 Å². The van der Waals surface area contributed by atoms with Gasteiger partial charge in [0.1, 0.15) is 0 Å². The van der Waals surface area contributed by atoms with Gasteiger partial charge in [0.15, 0.2) is 0 Å². The summed E-state index contributed by atoms with van der Waals surface area (Å²) in [6.07, 6.45) is 1.63. The Hall–Kier alpha value is -2.10. The summed E-state index contributed by atoms with van der Waals surface area (Å²) in [4.78, 5) is 2.79. The van der Waals surface area contributed by atoms with Crippen molar-refractivity contribution in [3.63, 3.8) is 0 Å². The van der Waals surface area contributed by atoms with Crippen LogP contribution in [-0.2, 0) is 16.6 Å². The molecular formula is C17H19N5O2S2. The fourth-order valence-corrected chi connectivity index (χ4v) is 5.50. The molecule has 1 atom stereocenters. The standard InChI is InChI=1S/C17H19N5O2S2/c1-13-6-8-15(9-7-13)26(23,24)21-10-2-4-14(21)12-22-19-17(18-20-22)16-5-3-11-25-16/h3,5-9,11,14H,2,4,10,12H2,1H3/t14-/m0/s1. The molecule has 136 valence electrons. The molecule has 1 saturated heterocycles. The fourth-order valence-electron chi connectivity index (χ4n) is 3.17. The lowest BCUT2D eigenvalue weighted by atomic mass is 10.2. The summed E-state index contributed by atoms with van der Waals surface area (Å²) in [5.41, 5.74) is 1.04. The zero-order valence-electron chi connectivity index (χ0n) is 14.3. The Morgan fingerprint density at radius 1 is 1.23 bits per heavy atom. The van der Waals surface area contributed by atoms with Crippen LogP contribution in [0.3, 0.4) is 0 Å². The van der Waals surface area contributed by atoms with Gasteiger partial charge in [-0.15, -0.1) is 21.5 Å². The van der Waals surface area contributed by atoms with Crippen molar-refractivity contribution in [3.05, 3.63) is 47.3 Å². The van der Waals surface area contributed by atoms with Crippen LogP contribution in [0.2, 0.25) is 0 Å².